The van der Waals surface area contributed by atoms with Crippen LogP contribution >= 0.6 is 11.8 Å². The van der Waals surface area contributed by atoms with Gasteiger partial charge in [-0.1, -0.05) is 30.3 Å². The van der Waals surface area contributed by atoms with Gasteiger partial charge < -0.3 is 4.90 Å². The highest BCUT2D eigenvalue weighted by Gasteiger charge is 2.17. The zero-order valence-electron chi connectivity index (χ0n) is 16.8. The fourth-order valence-corrected chi connectivity index (χ4v) is 3.83. The largest absolute Gasteiger partial charge is 0.369 e. The molecule has 3 rings (SSSR count). The number of hydrogen-bond acceptors (Lipinski definition) is 5. The smallest absolute Gasteiger partial charge is 0.269 e. The monoisotopic (exact) mass is 412 g/mol. The van der Waals surface area contributed by atoms with Crippen LogP contribution in [0.15, 0.2) is 54.6 Å². The van der Waals surface area contributed by atoms with E-state index in [1.165, 1.54) is 11.3 Å². The highest BCUT2D eigenvalue weighted by Crippen LogP contribution is 2.15. The number of para-hydroxylation sites is 1. The van der Waals surface area contributed by atoms with Gasteiger partial charge in [-0.15, -0.1) is 0 Å². The summed E-state index contributed by atoms with van der Waals surface area (Å²) in [6.45, 7) is 4.45. The molecule has 2 amide bonds. The predicted octanol–water partition coefficient (Wildman–Crippen LogP) is 2.52. The van der Waals surface area contributed by atoms with Crippen LogP contribution in [0.1, 0.15) is 22.3 Å². The Hall–Kier alpha value is -2.51. The molecule has 1 saturated heterocycles. The SMILES string of the molecule is CSCc1ccc(C(=O)NNC(=O)CCN2CCN(c3ccccc3)CC2)cc1. The number of hydrogen-bond donors (Lipinski definition) is 2. The number of hydrazine groups is 1. The third-order valence-electron chi connectivity index (χ3n) is 4.99. The third kappa shape index (κ3) is 6.51. The number of nitrogens with one attached hydrogen (secondary N) is 2. The average Bonchev–Trinajstić information content (AvgIpc) is 2.78. The second kappa shape index (κ2) is 10.9. The van der Waals surface area contributed by atoms with Gasteiger partial charge in [-0.25, -0.2) is 0 Å². The maximum atomic E-state index is 12.1. The molecule has 2 aromatic rings. The Kier molecular flexibility index (Phi) is 7.95. The normalized spacial score (nSPS) is 14.4. The molecule has 1 aliphatic heterocycles. The quantitative estimate of drug-likeness (QED) is 0.684. The van der Waals surface area contributed by atoms with Crippen LogP contribution in [0.2, 0.25) is 0 Å². The van der Waals surface area contributed by atoms with Crippen LogP contribution in [0, 0.1) is 0 Å². The first kappa shape index (κ1) is 21.2. The van der Waals surface area contributed by atoms with Crippen LogP contribution < -0.4 is 15.8 Å². The number of carbonyl (C=O) groups is 2. The summed E-state index contributed by atoms with van der Waals surface area (Å²) in [5.74, 6) is 0.437. The van der Waals surface area contributed by atoms with Crippen molar-refractivity contribution in [3.63, 3.8) is 0 Å². The number of anilines is 1. The molecule has 6 nitrogen and oxygen atoms in total. The number of amides is 2. The van der Waals surface area contributed by atoms with Gasteiger partial charge in [-0.05, 0) is 36.1 Å². The molecule has 0 unspecified atom stereocenters. The molecule has 1 aliphatic rings. The van der Waals surface area contributed by atoms with Crippen molar-refractivity contribution in [2.45, 2.75) is 12.2 Å². The van der Waals surface area contributed by atoms with Gasteiger partial charge in [-0.3, -0.25) is 25.3 Å². The lowest BCUT2D eigenvalue weighted by Crippen LogP contribution is -2.48. The first-order chi connectivity index (χ1) is 14.2. The Balaban J connectivity index is 1.34. The van der Waals surface area contributed by atoms with E-state index in [2.05, 4.69) is 44.9 Å². The topological polar surface area (TPSA) is 64.7 Å². The molecule has 154 valence electrons. The maximum Gasteiger partial charge on any atom is 0.269 e. The van der Waals surface area contributed by atoms with E-state index in [1.54, 1.807) is 23.9 Å². The zero-order valence-corrected chi connectivity index (χ0v) is 17.6. The van der Waals surface area contributed by atoms with E-state index in [9.17, 15) is 9.59 Å². The van der Waals surface area contributed by atoms with E-state index < -0.39 is 0 Å². The minimum absolute atomic E-state index is 0.178. The van der Waals surface area contributed by atoms with Gasteiger partial charge in [-0.2, -0.15) is 11.8 Å². The molecule has 0 atom stereocenters. The number of benzene rings is 2. The molecule has 0 spiro atoms. The zero-order chi connectivity index (χ0) is 20.5. The third-order valence-corrected chi connectivity index (χ3v) is 5.61. The lowest BCUT2D eigenvalue weighted by atomic mass is 10.1. The van der Waals surface area contributed by atoms with Crippen LogP contribution in [0.4, 0.5) is 5.69 Å². The van der Waals surface area contributed by atoms with Crippen molar-refractivity contribution in [1.29, 1.82) is 0 Å². The van der Waals surface area contributed by atoms with Gasteiger partial charge in [0.05, 0.1) is 0 Å². The van der Waals surface area contributed by atoms with E-state index in [-0.39, 0.29) is 11.8 Å². The number of piperazine rings is 1. The van der Waals surface area contributed by atoms with Crippen molar-refractivity contribution in [3.8, 4) is 0 Å². The Morgan fingerprint density at radius 1 is 0.931 bits per heavy atom. The fraction of sp³-hybridized carbons (Fsp3) is 0.364. The first-order valence-electron chi connectivity index (χ1n) is 9.85. The van der Waals surface area contributed by atoms with Crippen molar-refractivity contribution in [2.24, 2.45) is 0 Å². The van der Waals surface area contributed by atoms with Gasteiger partial charge >= 0.3 is 0 Å². The molecule has 0 aliphatic carbocycles. The van der Waals surface area contributed by atoms with Gasteiger partial charge in [0.2, 0.25) is 5.91 Å². The second-order valence-corrected chi connectivity index (χ2v) is 7.91. The van der Waals surface area contributed by atoms with E-state index >= 15 is 0 Å². The van der Waals surface area contributed by atoms with Crippen LogP contribution in [-0.4, -0.2) is 55.7 Å². The molecule has 0 saturated carbocycles. The van der Waals surface area contributed by atoms with Crippen molar-refractivity contribution in [1.82, 2.24) is 15.8 Å². The van der Waals surface area contributed by atoms with E-state index in [0.29, 0.717) is 18.5 Å². The Labute approximate surface area is 176 Å². The van der Waals surface area contributed by atoms with Crippen molar-refractivity contribution < 1.29 is 9.59 Å². The fourth-order valence-electron chi connectivity index (χ4n) is 3.31. The summed E-state index contributed by atoms with van der Waals surface area (Å²) in [4.78, 5) is 28.9. The van der Waals surface area contributed by atoms with Crippen molar-refractivity contribution >= 4 is 29.3 Å². The Bertz CT molecular complexity index is 790. The molecule has 2 aromatic carbocycles. The van der Waals surface area contributed by atoms with Gasteiger partial charge in [0.1, 0.15) is 0 Å². The summed E-state index contributed by atoms with van der Waals surface area (Å²) in [6.07, 6.45) is 2.40. The molecule has 2 N–H and O–H groups in total. The number of carbonyl (C=O) groups excluding carboxylic acids is 2. The highest BCUT2D eigenvalue weighted by atomic mass is 32.2. The lowest BCUT2D eigenvalue weighted by molar-refractivity contribution is -0.122. The summed E-state index contributed by atoms with van der Waals surface area (Å²) >= 11 is 1.73. The molecule has 0 aromatic heterocycles. The maximum absolute atomic E-state index is 12.1. The average molecular weight is 413 g/mol. The summed E-state index contributed by atoms with van der Waals surface area (Å²) in [7, 11) is 0. The minimum atomic E-state index is -0.300. The minimum Gasteiger partial charge on any atom is -0.369 e. The van der Waals surface area contributed by atoms with Crippen LogP contribution in [0.5, 0.6) is 0 Å². The van der Waals surface area contributed by atoms with E-state index in [1.807, 2.05) is 24.5 Å². The molecule has 29 heavy (non-hydrogen) atoms. The van der Waals surface area contributed by atoms with Crippen LogP contribution in [0.25, 0.3) is 0 Å². The molecule has 0 radical (unpaired) electrons. The molecular weight excluding hydrogens is 384 g/mol. The lowest BCUT2D eigenvalue weighted by Gasteiger charge is -2.36. The Morgan fingerprint density at radius 2 is 1.62 bits per heavy atom. The summed E-state index contributed by atoms with van der Waals surface area (Å²) < 4.78 is 0. The molecular formula is C22H28N4O2S. The molecule has 1 fully saturated rings. The van der Waals surface area contributed by atoms with Crippen LogP contribution in [-0.2, 0) is 10.5 Å². The highest BCUT2D eigenvalue weighted by molar-refractivity contribution is 7.97. The van der Waals surface area contributed by atoms with E-state index in [0.717, 1.165) is 31.9 Å². The first-order valence-corrected chi connectivity index (χ1v) is 11.2. The Morgan fingerprint density at radius 3 is 2.28 bits per heavy atom. The summed E-state index contributed by atoms with van der Waals surface area (Å²) in [6, 6.07) is 17.8. The van der Waals surface area contributed by atoms with Gasteiger partial charge in [0.25, 0.3) is 5.91 Å². The van der Waals surface area contributed by atoms with E-state index in [4.69, 9.17) is 0 Å². The van der Waals surface area contributed by atoms with Gasteiger partial charge in [0, 0.05) is 56.1 Å². The van der Waals surface area contributed by atoms with Crippen molar-refractivity contribution in [2.75, 3.05) is 43.9 Å². The van der Waals surface area contributed by atoms with Crippen molar-refractivity contribution in [3.05, 3.63) is 65.7 Å². The number of rotatable bonds is 7. The number of thioether (sulfide) groups is 1. The predicted molar refractivity (Wildman–Crippen MR) is 119 cm³/mol. The molecule has 0 bridgehead atoms. The molecule has 7 heteroatoms. The number of nitrogens with zero attached hydrogens (tertiary/aromatic N) is 2. The van der Waals surface area contributed by atoms with Crippen LogP contribution in [0.3, 0.4) is 0 Å². The summed E-state index contributed by atoms with van der Waals surface area (Å²) in [5, 5.41) is 0. The second-order valence-electron chi connectivity index (χ2n) is 7.05. The standard InChI is InChI=1S/C22H28N4O2S/c1-29-17-18-7-9-19(10-8-18)22(28)24-23-21(27)11-12-25-13-15-26(16-14-25)20-5-3-2-4-6-20/h2-10H,11-17H2,1H3,(H,23,27)(H,24,28). The molecule has 1 heterocycles. The summed E-state index contributed by atoms with van der Waals surface area (Å²) in [5.41, 5.74) is 7.96. The van der Waals surface area contributed by atoms with Gasteiger partial charge in [0.15, 0.2) is 0 Å².